The van der Waals surface area contributed by atoms with Crippen molar-refractivity contribution in [3.05, 3.63) is 39.7 Å². The Kier molecular flexibility index (Phi) is 3.53. The number of hydrogen-bond donors (Lipinski definition) is 0. The normalized spacial score (nSPS) is 22.7. The molecule has 1 aliphatic heterocycles. The topological polar surface area (TPSA) is 66.9 Å². The van der Waals surface area contributed by atoms with Crippen molar-refractivity contribution in [3.8, 4) is 6.07 Å². The molecule has 1 atom stereocenters. The Bertz CT molecular complexity index is 521. The number of thioether (sulfide) groups is 1. The molecule has 1 heterocycles. The van der Waals surface area contributed by atoms with Crippen LogP contribution in [0.15, 0.2) is 18.2 Å². The SMILES string of the molecule is N#CC1(Cc2cc(F)ccc2[N+](=O)[O-])CCCS1. The van der Waals surface area contributed by atoms with Crippen LogP contribution in [0.5, 0.6) is 0 Å². The summed E-state index contributed by atoms with van der Waals surface area (Å²) in [5.41, 5.74) is 0.189. The van der Waals surface area contributed by atoms with E-state index in [9.17, 15) is 19.8 Å². The quantitative estimate of drug-likeness (QED) is 0.623. The molecule has 1 fully saturated rings. The average Bonchev–Trinajstić information content (AvgIpc) is 2.78. The minimum atomic E-state index is -0.640. The van der Waals surface area contributed by atoms with E-state index in [0.717, 1.165) is 30.4 Å². The Morgan fingerprint density at radius 3 is 2.94 bits per heavy atom. The van der Waals surface area contributed by atoms with Crippen LogP contribution in [0.4, 0.5) is 10.1 Å². The van der Waals surface area contributed by atoms with Crippen LogP contribution in [0.1, 0.15) is 18.4 Å². The zero-order valence-electron chi connectivity index (χ0n) is 9.56. The standard InChI is InChI=1S/C12H11FN2O2S/c13-10-2-3-11(15(16)17)9(6-10)7-12(8-14)4-1-5-18-12/h2-3,6H,1,4-5,7H2. The summed E-state index contributed by atoms with van der Waals surface area (Å²) in [6.07, 6.45) is 1.84. The van der Waals surface area contributed by atoms with Crippen LogP contribution in [0.3, 0.4) is 0 Å². The zero-order valence-corrected chi connectivity index (χ0v) is 10.4. The van der Waals surface area contributed by atoms with Gasteiger partial charge in [0.15, 0.2) is 0 Å². The summed E-state index contributed by atoms with van der Waals surface area (Å²) in [6.45, 7) is 0. The summed E-state index contributed by atoms with van der Waals surface area (Å²) < 4.78 is 12.6. The van der Waals surface area contributed by atoms with Gasteiger partial charge in [-0.3, -0.25) is 10.1 Å². The van der Waals surface area contributed by atoms with Gasteiger partial charge in [-0.25, -0.2) is 4.39 Å². The van der Waals surface area contributed by atoms with E-state index in [1.165, 1.54) is 11.8 Å². The van der Waals surface area contributed by atoms with Crippen LogP contribution in [0.2, 0.25) is 0 Å². The second-order valence-corrected chi connectivity index (χ2v) is 5.74. The zero-order chi connectivity index (χ0) is 13.2. The van der Waals surface area contributed by atoms with Crippen LogP contribution in [0.25, 0.3) is 0 Å². The van der Waals surface area contributed by atoms with Crippen molar-refractivity contribution in [3.63, 3.8) is 0 Å². The highest BCUT2D eigenvalue weighted by molar-refractivity contribution is 8.01. The first-order valence-corrected chi connectivity index (χ1v) is 6.53. The van der Waals surface area contributed by atoms with Crippen molar-refractivity contribution in [1.82, 2.24) is 0 Å². The van der Waals surface area contributed by atoms with Crippen LogP contribution in [-0.2, 0) is 6.42 Å². The van der Waals surface area contributed by atoms with Gasteiger partial charge in [0.05, 0.1) is 11.0 Å². The lowest BCUT2D eigenvalue weighted by atomic mass is 9.94. The minimum absolute atomic E-state index is 0.112. The third-order valence-electron chi connectivity index (χ3n) is 3.02. The fourth-order valence-electron chi connectivity index (χ4n) is 2.15. The summed E-state index contributed by atoms with van der Waals surface area (Å²) in [5, 5.41) is 20.1. The fourth-order valence-corrected chi connectivity index (χ4v) is 3.44. The van der Waals surface area contributed by atoms with Gasteiger partial charge in [0.25, 0.3) is 5.69 Å². The lowest BCUT2D eigenvalue weighted by molar-refractivity contribution is -0.385. The highest BCUT2D eigenvalue weighted by atomic mass is 32.2. The molecule has 94 valence electrons. The summed E-state index contributed by atoms with van der Waals surface area (Å²) in [6, 6.07) is 5.63. The maximum atomic E-state index is 13.2. The number of rotatable bonds is 3. The largest absolute Gasteiger partial charge is 0.272 e. The average molecular weight is 266 g/mol. The molecular weight excluding hydrogens is 255 g/mol. The molecule has 2 rings (SSSR count). The first-order chi connectivity index (χ1) is 8.56. The molecule has 1 saturated heterocycles. The van der Waals surface area contributed by atoms with Gasteiger partial charge in [0, 0.05) is 18.1 Å². The molecule has 1 unspecified atom stereocenters. The van der Waals surface area contributed by atoms with Gasteiger partial charge < -0.3 is 0 Å². The lowest BCUT2D eigenvalue weighted by Gasteiger charge is -2.18. The summed E-state index contributed by atoms with van der Waals surface area (Å²) >= 11 is 1.50. The van der Waals surface area contributed by atoms with Crippen LogP contribution in [0, 0.1) is 27.3 Å². The molecule has 0 bridgehead atoms. The van der Waals surface area contributed by atoms with E-state index < -0.39 is 15.5 Å². The van der Waals surface area contributed by atoms with E-state index in [4.69, 9.17) is 0 Å². The molecule has 1 aromatic rings. The Hall–Kier alpha value is -1.61. The summed E-state index contributed by atoms with van der Waals surface area (Å²) in [7, 11) is 0. The molecular formula is C12H11FN2O2S. The molecule has 0 amide bonds. The van der Waals surface area contributed by atoms with Gasteiger partial charge >= 0.3 is 0 Å². The predicted molar refractivity (Wildman–Crippen MR) is 66.8 cm³/mol. The molecule has 0 aromatic heterocycles. The van der Waals surface area contributed by atoms with Crippen molar-refractivity contribution in [1.29, 1.82) is 5.26 Å². The Morgan fingerprint density at radius 1 is 1.61 bits per heavy atom. The third-order valence-corrected chi connectivity index (χ3v) is 4.51. The van der Waals surface area contributed by atoms with Crippen molar-refractivity contribution >= 4 is 17.4 Å². The van der Waals surface area contributed by atoms with E-state index >= 15 is 0 Å². The number of benzene rings is 1. The highest BCUT2D eigenvalue weighted by Crippen LogP contribution is 2.41. The van der Waals surface area contributed by atoms with Gasteiger partial charge in [-0.1, -0.05) is 0 Å². The maximum absolute atomic E-state index is 13.2. The number of nitriles is 1. The van der Waals surface area contributed by atoms with Crippen molar-refractivity contribution in [2.24, 2.45) is 0 Å². The van der Waals surface area contributed by atoms with E-state index in [0.29, 0.717) is 12.0 Å². The second-order valence-electron chi connectivity index (χ2n) is 4.27. The second kappa shape index (κ2) is 4.94. The number of halogens is 1. The maximum Gasteiger partial charge on any atom is 0.272 e. The molecule has 0 N–H and O–H groups in total. The number of nitrogens with zero attached hydrogens (tertiary/aromatic N) is 2. The molecule has 1 aromatic carbocycles. The number of nitro groups is 1. The first-order valence-electron chi connectivity index (χ1n) is 5.54. The molecule has 18 heavy (non-hydrogen) atoms. The highest BCUT2D eigenvalue weighted by Gasteiger charge is 2.37. The van der Waals surface area contributed by atoms with Crippen molar-refractivity contribution < 1.29 is 9.31 Å². The first kappa shape index (κ1) is 12.8. The van der Waals surface area contributed by atoms with E-state index in [-0.39, 0.29) is 12.1 Å². The smallest absolute Gasteiger partial charge is 0.258 e. The molecule has 0 radical (unpaired) electrons. The monoisotopic (exact) mass is 266 g/mol. The molecule has 1 aliphatic rings. The van der Waals surface area contributed by atoms with Crippen molar-refractivity contribution in [2.75, 3.05) is 5.75 Å². The third kappa shape index (κ3) is 2.46. The number of nitro benzene ring substituents is 1. The summed E-state index contributed by atoms with van der Waals surface area (Å²) in [5.74, 6) is 0.364. The predicted octanol–water partition coefficient (Wildman–Crippen LogP) is 3.07. The minimum Gasteiger partial charge on any atom is -0.258 e. The van der Waals surface area contributed by atoms with Gasteiger partial charge in [-0.2, -0.15) is 5.26 Å². The molecule has 0 saturated carbocycles. The van der Waals surface area contributed by atoms with Gasteiger partial charge in [0.1, 0.15) is 10.6 Å². The fraction of sp³-hybridized carbons (Fsp3) is 0.417. The summed E-state index contributed by atoms with van der Waals surface area (Å²) in [4.78, 5) is 10.4. The Labute approximate surface area is 108 Å². The van der Waals surface area contributed by atoms with E-state index in [2.05, 4.69) is 6.07 Å². The molecule has 0 aliphatic carbocycles. The molecule has 0 spiro atoms. The van der Waals surface area contributed by atoms with Crippen molar-refractivity contribution in [2.45, 2.75) is 24.0 Å². The number of hydrogen-bond acceptors (Lipinski definition) is 4. The lowest BCUT2D eigenvalue weighted by Crippen LogP contribution is -2.22. The van der Waals surface area contributed by atoms with E-state index in [1.54, 1.807) is 0 Å². The van der Waals surface area contributed by atoms with Gasteiger partial charge in [-0.15, -0.1) is 11.8 Å². The Balaban J connectivity index is 2.36. The molecule has 6 heteroatoms. The van der Waals surface area contributed by atoms with Crippen LogP contribution >= 0.6 is 11.8 Å². The van der Waals surface area contributed by atoms with Crippen LogP contribution in [-0.4, -0.2) is 15.4 Å². The Morgan fingerprint density at radius 2 is 2.39 bits per heavy atom. The molecule has 4 nitrogen and oxygen atoms in total. The van der Waals surface area contributed by atoms with Gasteiger partial charge in [0.2, 0.25) is 0 Å². The van der Waals surface area contributed by atoms with E-state index in [1.807, 2.05) is 0 Å². The van der Waals surface area contributed by atoms with Crippen LogP contribution < -0.4 is 0 Å². The van der Waals surface area contributed by atoms with Gasteiger partial charge in [-0.05, 0) is 30.7 Å².